The zero-order valence-corrected chi connectivity index (χ0v) is 9.32. The van der Waals surface area contributed by atoms with Crippen molar-refractivity contribution in [1.29, 1.82) is 0 Å². The molecule has 0 spiro atoms. The van der Waals surface area contributed by atoms with E-state index in [-0.39, 0.29) is 0 Å². The fraction of sp³-hybridized carbons (Fsp3) is 0.545. The first-order chi connectivity index (χ1) is 7.36. The smallest absolute Gasteiger partial charge is 0.213 e. The normalized spacial score (nSPS) is 10.3. The van der Waals surface area contributed by atoms with E-state index in [0.717, 1.165) is 26.3 Å². The molecule has 0 amide bonds. The molecule has 0 saturated carbocycles. The molecule has 1 heterocycles. The van der Waals surface area contributed by atoms with Gasteiger partial charge < -0.3 is 14.8 Å². The average molecular weight is 210 g/mol. The fourth-order valence-electron chi connectivity index (χ4n) is 1.19. The molecule has 0 aliphatic heterocycles. The summed E-state index contributed by atoms with van der Waals surface area (Å²) in [4.78, 5) is 4.04. The Morgan fingerprint density at radius 3 is 3.07 bits per heavy atom. The predicted octanol–water partition coefficient (Wildman–Crippen LogP) is 1.22. The van der Waals surface area contributed by atoms with Crippen LogP contribution in [0.1, 0.15) is 12.5 Å². The number of pyridine rings is 1. The molecule has 1 aromatic heterocycles. The summed E-state index contributed by atoms with van der Waals surface area (Å²) in [6.07, 6.45) is 1.75. The van der Waals surface area contributed by atoms with E-state index in [1.807, 2.05) is 19.1 Å². The summed E-state index contributed by atoms with van der Waals surface area (Å²) >= 11 is 0. The summed E-state index contributed by atoms with van der Waals surface area (Å²) in [5.74, 6) is 0.652. The van der Waals surface area contributed by atoms with Crippen LogP contribution in [0.3, 0.4) is 0 Å². The highest BCUT2D eigenvalue weighted by molar-refractivity contribution is 5.20. The molecule has 4 nitrogen and oxygen atoms in total. The monoisotopic (exact) mass is 210 g/mol. The van der Waals surface area contributed by atoms with Gasteiger partial charge in [-0.25, -0.2) is 4.98 Å². The lowest BCUT2D eigenvalue weighted by molar-refractivity contribution is 0.149. The highest BCUT2D eigenvalue weighted by Crippen LogP contribution is 2.07. The van der Waals surface area contributed by atoms with Crippen LogP contribution in [-0.2, 0) is 11.3 Å². The number of hydrogen-bond acceptors (Lipinski definition) is 4. The molecule has 0 radical (unpaired) electrons. The van der Waals surface area contributed by atoms with Gasteiger partial charge in [0.2, 0.25) is 5.88 Å². The quantitative estimate of drug-likeness (QED) is 0.687. The Labute approximate surface area is 90.6 Å². The summed E-state index contributed by atoms with van der Waals surface area (Å²) < 4.78 is 10.3. The number of rotatable bonds is 7. The Hall–Kier alpha value is -1.13. The van der Waals surface area contributed by atoms with Crippen molar-refractivity contribution >= 4 is 0 Å². The van der Waals surface area contributed by atoms with Crippen LogP contribution in [0.25, 0.3) is 0 Å². The van der Waals surface area contributed by atoms with E-state index in [4.69, 9.17) is 9.47 Å². The maximum atomic E-state index is 5.22. The van der Waals surface area contributed by atoms with Crippen LogP contribution >= 0.6 is 0 Å². The zero-order chi connectivity index (χ0) is 10.9. The van der Waals surface area contributed by atoms with Gasteiger partial charge in [-0.15, -0.1) is 0 Å². The highest BCUT2D eigenvalue weighted by Gasteiger charge is 1.96. The van der Waals surface area contributed by atoms with E-state index in [1.54, 1.807) is 13.3 Å². The van der Waals surface area contributed by atoms with E-state index in [9.17, 15) is 0 Å². The molecule has 0 bridgehead atoms. The number of hydrogen-bond donors (Lipinski definition) is 1. The first-order valence-electron chi connectivity index (χ1n) is 5.14. The third-order valence-electron chi connectivity index (χ3n) is 1.96. The maximum absolute atomic E-state index is 5.22. The summed E-state index contributed by atoms with van der Waals surface area (Å²) in [6.45, 7) is 5.18. The molecule has 0 atom stereocenters. The Bertz CT molecular complexity index is 279. The van der Waals surface area contributed by atoms with E-state index < -0.39 is 0 Å². The molecule has 1 N–H and O–H groups in total. The average Bonchev–Trinajstić information content (AvgIpc) is 2.29. The highest BCUT2D eigenvalue weighted by atomic mass is 16.5. The van der Waals surface area contributed by atoms with Crippen molar-refractivity contribution in [3.8, 4) is 5.88 Å². The van der Waals surface area contributed by atoms with Gasteiger partial charge in [0.1, 0.15) is 0 Å². The Morgan fingerprint density at radius 1 is 1.47 bits per heavy atom. The first kappa shape index (κ1) is 11.9. The van der Waals surface area contributed by atoms with Crippen molar-refractivity contribution < 1.29 is 9.47 Å². The Morgan fingerprint density at radius 2 is 2.33 bits per heavy atom. The molecule has 84 valence electrons. The SMILES string of the molecule is CCOCCNCc1ccnc(OC)c1. The zero-order valence-electron chi connectivity index (χ0n) is 9.32. The number of ether oxygens (including phenoxy) is 2. The Balaban J connectivity index is 2.24. The van der Waals surface area contributed by atoms with E-state index in [0.29, 0.717) is 5.88 Å². The van der Waals surface area contributed by atoms with Crippen LogP contribution in [0, 0.1) is 0 Å². The topological polar surface area (TPSA) is 43.4 Å². The second-order valence-corrected chi connectivity index (χ2v) is 3.08. The van der Waals surface area contributed by atoms with Gasteiger partial charge in [0.15, 0.2) is 0 Å². The van der Waals surface area contributed by atoms with Crippen LogP contribution < -0.4 is 10.1 Å². The lowest BCUT2D eigenvalue weighted by Gasteiger charge is -2.05. The van der Waals surface area contributed by atoms with Crippen molar-refractivity contribution in [3.05, 3.63) is 23.9 Å². The van der Waals surface area contributed by atoms with Crippen molar-refractivity contribution in [3.63, 3.8) is 0 Å². The molecular weight excluding hydrogens is 192 g/mol. The molecule has 0 aliphatic rings. The summed E-state index contributed by atoms with van der Waals surface area (Å²) in [5.41, 5.74) is 1.17. The minimum absolute atomic E-state index is 0.652. The molecule has 15 heavy (non-hydrogen) atoms. The van der Waals surface area contributed by atoms with E-state index in [1.165, 1.54) is 5.56 Å². The second kappa shape index (κ2) is 7.20. The minimum atomic E-state index is 0.652. The van der Waals surface area contributed by atoms with Crippen LogP contribution in [-0.4, -0.2) is 31.9 Å². The maximum Gasteiger partial charge on any atom is 0.213 e. The molecule has 0 saturated heterocycles. The third-order valence-corrected chi connectivity index (χ3v) is 1.96. The van der Waals surface area contributed by atoms with Crippen molar-refractivity contribution in [2.45, 2.75) is 13.5 Å². The molecule has 0 aromatic carbocycles. The van der Waals surface area contributed by atoms with Crippen molar-refractivity contribution in [2.75, 3.05) is 26.9 Å². The van der Waals surface area contributed by atoms with Crippen molar-refractivity contribution in [1.82, 2.24) is 10.3 Å². The molecule has 0 unspecified atom stereocenters. The lowest BCUT2D eigenvalue weighted by atomic mass is 10.2. The summed E-state index contributed by atoms with van der Waals surface area (Å²) in [5, 5.41) is 3.28. The number of nitrogens with zero attached hydrogens (tertiary/aromatic N) is 1. The standard InChI is InChI=1S/C11H18N2O2/c1-3-15-7-6-12-9-10-4-5-13-11(8-10)14-2/h4-5,8,12H,3,6-7,9H2,1-2H3. The van der Waals surface area contributed by atoms with Gasteiger partial charge in [-0.3, -0.25) is 0 Å². The number of nitrogens with one attached hydrogen (secondary N) is 1. The van der Waals surface area contributed by atoms with Gasteiger partial charge in [-0.2, -0.15) is 0 Å². The van der Waals surface area contributed by atoms with Crippen LogP contribution in [0.15, 0.2) is 18.3 Å². The predicted molar refractivity (Wildman–Crippen MR) is 59.0 cm³/mol. The molecular formula is C11H18N2O2. The van der Waals surface area contributed by atoms with Crippen molar-refractivity contribution in [2.24, 2.45) is 0 Å². The lowest BCUT2D eigenvalue weighted by Crippen LogP contribution is -2.19. The van der Waals surface area contributed by atoms with E-state index in [2.05, 4.69) is 10.3 Å². The van der Waals surface area contributed by atoms with E-state index >= 15 is 0 Å². The van der Waals surface area contributed by atoms with Crippen LogP contribution in [0.4, 0.5) is 0 Å². The molecule has 1 aromatic rings. The van der Waals surface area contributed by atoms with Crippen LogP contribution in [0.5, 0.6) is 5.88 Å². The van der Waals surface area contributed by atoms with Gasteiger partial charge >= 0.3 is 0 Å². The second-order valence-electron chi connectivity index (χ2n) is 3.08. The first-order valence-corrected chi connectivity index (χ1v) is 5.14. The molecule has 1 rings (SSSR count). The molecule has 4 heteroatoms. The van der Waals surface area contributed by atoms with Gasteiger partial charge in [-0.1, -0.05) is 0 Å². The third kappa shape index (κ3) is 4.76. The number of methoxy groups -OCH3 is 1. The van der Waals surface area contributed by atoms with Crippen LogP contribution in [0.2, 0.25) is 0 Å². The van der Waals surface area contributed by atoms with Gasteiger partial charge in [-0.05, 0) is 18.6 Å². The Kier molecular flexibility index (Phi) is 5.73. The summed E-state index contributed by atoms with van der Waals surface area (Å²) in [7, 11) is 1.62. The van der Waals surface area contributed by atoms with Gasteiger partial charge in [0, 0.05) is 32.0 Å². The fourth-order valence-corrected chi connectivity index (χ4v) is 1.19. The van der Waals surface area contributed by atoms with Gasteiger partial charge in [0.05, 0.1) is 13.7 Å². The summed E-state index contributed by atoms with van der Waals surface area (Å²) in [6, 6.07) is 3.89. The minimum Gasteiger partial charge on any atom is -0.481 e. The largest absolute Gasteiger partial charge is 0.481 e. The van der Waals surface area contributed by atoms with Gasteiger partial charge in [0.25, 0.3) is 0 Å². The molecule has 0 fully saturated rings. The molecule has 0 aliphatic carbocycles. The number of aromatic nitrogens is 1.